The first-order valence-electron chi connectivity index (χ1n) is 12.1. The summed E-state index contributed by atoms with van der Waals surface area (Å²) in [6.07, 6.45) is 6.40. The van der Waals surface area contributed by atoms with Crippen molar-refractivity contribution in [2.75, 3.05) is 12.0 Å². The normalized spacial score (nSPS) is 21.3. The lowest BCUT2D eigenvalue weighted by atomic mass is 9.87. The van der Waals surface area contributed by atoms with Crippen molar-refractivity contribution in [3.63, 3.8) is 0 Å². The number of aliphatic hydroxyl groups is 1. The van der Waals surface area contributed by atoms with Crippen LogP contribution in [0, 0.1) is 5.82 Å². The second-order valence-corrected chi connectivity index (χ2v) is 11.8. The molecule has 0 aliphatic carbocycles. The van der Waals surface area contributed by atoms with Crippen molar-refractivity contribution in [3.05, 3.63) is 53.6 Å². The molecule has 5 heterocycles. The number of sulfone groups is 1. The van der Waals surface area contributed by atoms with E-state index < -0.39 is 22.3 Å². The highest BCUT2D eigenvalue weighted by atomic mass is 32.2. The molecule has 38 heavy (non-hydrogen) atoms. The Morgan fingerprint density at radius 2 is 1.97 bits per heavy atom. The highest BCUT2D eigenvalue weighted by Gasteiger charge is 2.46. The number of nitrogen functional groups attached to an aromatic ring is 1. The zero-order chi connectivity index (χ0) is 26.8. The predicted octanol–water partition coefficient (Wildman–Crippen LogP) is 1.68. The number of anilines is 1. The molecule has 14 heteroatoms. The van der Waals surface area contributed by atoms with Gasteiger partial charge >= 0.3 is 0 Å². The quantitative estimate of drug-likeness (QED) is 0.340. The smallest absolute Gasteiger partial charge is 0.292 e. The summed E-state index contributed by atoms with van der Waals surface area (Å²) >= 11 is 0. The molecule has 0 saturated carbocycles. The van der Waals surface area contributed by atoms with E-state index in [1.54, 1.807) is 6.07 Å². The van der Waals surface area contributed by atoms with Crippen LogP contribution in [0.4, 0.5) is 10.2 Å². The number of rotatable bonds is 5. The number of aromatic amines is 1. The maximum absolute atomic E-state index is 14.5. The second-order valence-electron chi connectivity index (χ2n) is 9.80. The summed E-state index contributed by atoms with van der Waals surface area (Å²) in [5, 5.41) is 21.6. The number of hydrogen-bond donors (Lipinski definition) is 3. The number of amides is 1. The molecule has 3 atom stereocenters. The molecule has 0 radical (unpaired) electrons. The molecule has 3 aromatic heterocycles. The molecular weight excluding hydrogens is 515 g/mol. The standard InChI is InChI=1S/C24H25FN8O4S/c1-38(36,37)20-19(12-7-13-5-6-14(8-12)32(13)24(35)22-27-11-28-31-22)30-23-16(9-29-33(23)21(20)26)15-3-2-4-18(25)17(15)10-34/h2-4,9,11-14,34H,5-8,10,26H2,1H3,(H,27,28,31)/t12-,13+,14-. The topological polar surface area (TPSA) is 172 Å². The van der Waals surface area contributed by atoms with Gasteiger partial charge in [-0.2, -0.15) is 9.61 Å². The summed E-state index contributed by atoms with van der Waals surface area (Å²) in [7, 11) is -3.81. The van der Waals surface area contributed by atoms with Gasteiger partial charge in [0.25, 0.3) is 5.91 Å². The summed E-state index contributed by atoms with van der Waals surface area (Å²) in [6.45, 7) is -0.538. The van der Waals surface area contributed by atoms with Crippen LogP contribution in [0.15, 0.2) is 35.6 Å². The third-order valence-electron chi connectivity index (χ3n) is 7.58. The molecular formula is C24H25FN8O4S. The van der Waals surface area contributed by atoms with E-state index in [-0.39, 0.29) is 51.7 Å². The molecule has 12 nitrogen and oxygen atoms in total. The minimum atomic E-state index is -3.81. The lowest BCUT2D eigenvalue weighted by molar-refractivity contribution is 0.0556. The summed E-state index contributed by atoms with van der Waals surface area (Å²) < 4.78 is 41.6. The number of halogens is 1. The number of benzene rings is 1. The molecule has 2 aliphatic rings. The van der Waals surface area contributed by atoms with Crippen LogP contribution in [-0.2, 0) is 16.4 Å². The fourth-order valence-electron chi connectivity index (χ4n) is 6.00. The zero-order valence-corrected chi connectivity index (χ0v) is 21.2. The van der Waals surface area contributed by atoms with Crippen LogP contribution in [0.5, 0.6) is 0 Å². The van der Waals surface area contributed by atoms with Gasteiger partial charge in [-0.15, -0.1) is 10.2 Å². The Kier molecular flexibility index (Phi) is 5.68. The van der Waals surface area contributed by atoms with Crippen molar-refractivity contribution < 1.29 is 22.7 Å². The summed E-state index contributed by atoms with van der Waals surface area (Å²) in [4.78, 5) is 22.3. The third kappa shape index (κ3) is 3.74. The molecule has 1 amide bonds. The second kappa shape index (κ2) is 8.84. The number of fused-ring (bicyclic) bond motifs is 3. The summed E-state index contributed by atoms with van der Waals surface area (Å²) in [5.41, 5.74) is 7.86. The molecule has 2 fully saturated rings. The van der Waals surface area contributed by atoms with Gasteiger partial charge < -0.3 is 20.7 Å². The van der Waals surface area contributed by atoms with E-state index in [9.17, 15) is 22.7 Å². The number of piperidine rings is 1. The number of carbonyl (C=O) groups excluding carboxylic acids is 1. The molecule has 0 spiro atoms. The van der Waals surface area contributed by atoms with Crippen LogP contribution in [0.2, 0.25) is 0 Å². The summed E-state index contributed by atoms with van der Waals surface area (Å²) in [6, 6.07) is 4.15. The first-order chi connectivity index (χ1) is 18.2. The SMILES string of the molecule is CS(=O)(=O)c1c([C@H]2C[C@H]3CC[C@@H](C2)N3C(=O)c2nnc[nH]2)nc2c(-c3cccc(F)c3CO)cnn2c1N. The number of aromatic nitrogens is 6. The fraction of sp³-hybridized carbons (Fsp3) is 0.375. The molecule has 2 bridgehead atoms. The van der Waals surface area contributed by atoms with Crippen molar-refractivity contribution in [1.29, 1.82) is 0 Å². The van der Waals surface area contributed by atoms with E-state index in [0.717, 1.165) is 19.1 Å². The first kappa shape index (κ1) is 24.4. The number of nitrogens with two attached hydrogens (primary N) is 1. The van der Waals surface area contributed by atoms with Crippen LogP contribution in [0.3, 0.4) is 0 Å². The highest BCUT2D eigenvalue weighted by molar-refractivity contribution is 7.91. The fourth-order valence-corrected chi connectivity index (χ4v) is 7.06. The molecule has 6 rings (SSSR count). The lowest BCUT2D eigenvalue weighted by Crippen LogP contribution is -2.46. The van der Waals surface area contributed by atoms with Gasteiger partial charge in [-0.3, -0.25) is 4.79 Å². The van der Waals surface area contributed by atoms with Gasteiger partial charge in [0.15, 0.2) is 15.5 Å². The molecule has 4 N–H and O–H groups in total. The van der Waals surface area contributed by atoms with Crippen LogP contribution in [-0.4, -0.2) is 72.5 Å². The largest absolute Gasteiger partial charge is 0.392 e. The Bertz CT molecular complexity index is 1660. The monoisotopic (exact) mass is 540 g/mol. The van der Waals surface area contributed by atoms with Crippen LogP contribution in [0.25, 0.3) is 16.8 Å². The third-order valence-corrected chi connectivity index (χ3v) is 8.74. The maximum atomic E-state index is 14.5. The predicted molar refractivity (Wildman–Crippen MR) is 133 cm³/mol. The number of aliphatic hydroxyl groups excluding tert-OH is 1. The van der Waals surface area contributed by atoms with E-state index >= 15 is 0 Å². The van der Waals surface area contributed by atoms with Gasteiger partial charge in [-0.05, 0) is 37.3 Å². The highest BCUT2D eigenvalue weighted by Crippen LogP contribution is 2.45. The Labute approximate surface area is 216 Å². The number of carbonyl (C=O) groups is 1. The zero-order valence-electron chi connectivity index (χ0n) is 20.4. The Hall–Kier alpha value is -3.91. The molecule has 2 saturated heterocycles. The van der Waals surface area contributed by atoms with Crippen molar-refractivity contribution in [2.45, 2.75) is 55.2 Å². The van der Waals surface area contributed by atoms with E-state index in [1.165, 1.54) is 29.2 Å². The van der Waals surface area contributed by atoms with E-state index in [4.69, 9.17) is 10.7 Å². The Balaban J connectivity index is 1.47. The van der Waals surface area contributed by atoms with E-state index in [1.807, 2.05) is 4.90 Å². The van der Waals surface area contributed by atoms with E-state index in [0.29, 0.717) is 29.7 Å². The average molecular weight is 541 g/mol. The van der Waals surface area contributed by atoms with Crippen molar-refractivity contribution in [2.24, 2.45) is 0 Å². The van der Waals surface area contributed by atoms with Crippen molar-refractivity contribution in [1.82, 2.24) is 34.7 Å². The van der Waals surface area contributed by atoms with Crippen molar-refractivity contribution >= 4 is 27.2 Å². The lowest BCUT2D eigenvalue weighted by Gasteiger charge is -2.38. The van der Waals surface area contributed by atoms with Crippen LogP contribution >= 0.6 is 0 Å². The van der Waals surface area contributed by atoms with Gasteiger partial charge in [0.1, 0.15) is 22.9 Å². The molecule has 4 aromatic rings. The Morgan fingerprint density at radius 1 is 1.24 bits per heavy atom. The number of nitrogens with one attached hydrogen (secondary N) is 1. The van der Waals surface area contributed by atoms with Gasteiger partial charge in [-0.1, -0.05) is 12.1 Å². The van der Waals surface area contributed by atoms with Gasteiger partial charge in [-0.25, -0.2) is 17.8 Å². The number of hydrogen-bond acceptors (Lipinski definition) is 9. The maximum Gasteiger partial charge on any atom is 0.292 e. The van der Waals surface area contributed by atoms with Crippen LogP contribution in [0.1, 0.15) is 53.5 Å². The first-order valence-corrected chi connectivity index (χ1v) is 14.0. The minimum absolute atomic E-state index is 0.0776. The number of nitrogens with zero attached hydrogens (tertiary/aromatic N) is 6. The van der Waals surface area contributed by atoms with Gasteiger partial charge in [0.2, 0.25) is 5.82 Å². The van der Waals surface area contributed by atoms with Crippen LogP contribution < -0.4 is 5.73 Å². The molecule has 1 aromatic carbocycles. The Morgan fingerprint density at radius 3 is 2.61 bits per heavy atom. The molecule has 198 valence electrons. The minimum Gasteiger partial charge on any atom is -0.392 e. The van der Waals surface area contributed by atoms with E-state index in [2.05, 4.69) is 20.3 Å². The van der Waals surface area contributed by atoms with Gasteiger partial charge in [0, 0.05) is 35.4 Å². The van der Waals surface area contributed by atoms with Crippen molar-refractivity contribution in [3.8, 4) is 11.1 Å². The molecule has 2 aliphatic heterocycles. The molecule has 0 unspecified atom stereocenters. The average Bonchev–Trinajstić information content (AvgIpc) is 3.61. The number of H-pyrrole nitrogens is 1. The summed E-state index contributed by atoms with van der Waals surface area (Å²) in [5.74, 6) is -1.03. The van der Waals surface area contributed by atoms with Gasteiger partial charge in [0.05, 0.1) is 18.5 Å².